The number of hydrogen-bond acceptors (Lipinski definition) is 6. The number of amides is 2. The van der Waals surface area contributed by atoms with Gasteiger partial charge in [-0.2, -0.15) is 0 Å². The highest BCUT2D eigenvalue weighted by atomic mass is 16.5. The molecule has 3 heterocycles. The van der Waals surface area contributed by atoms with Gasteiger partial charge >= 0.3 is 0 Å². The molecule has 3 aliphatic heterocycles. The number of benzene rings is 1. The summed E-state index contributed by atoms with van der Waals surface area (Å²) in [5.41, 5.74) is 4.41. The molecule has 0 spiro atoms. The molecule has 5 fully saturated rings. The van der Waals surface area contributed by atoms with Gasteiger partial charge in [0.25, 0.3) is 5.91 Å². The van der Waals surface area contributed by atoms with Crippen LogP contribution in [0.15, 0.2) is 12.1 Å². The van der Waals surface area contributed by atoms with Crippen LogP contribution in [0.25, 0.3) is 0 Å². The molecular formula is C40H65N5O3. The van der Waals surface area contributed by atoms with Gasteiger partial charge in [-0.05, 0) is 93.9 Å². The molecule has 0 radical (unpaired) electrons. The SMILES string of the molecule is Cc1c(C(=O)NCC2C(=O)NC(C)CC2C)cc(C2CCC(CN3CCOCC3)N(C3CCCCCC3)C2)cc1N(C)C1CCCCC1. The topological polar surface area (TPSA) is 77.1 Å². The van der Waals surface area contributed by atoms with Gasteiger partial charge in [0.1, 0.15) is 0 Å². The van der Waals surface area contributed by atoms with Crippen LogP contribution in [0.4, 0.5) is 5.69 Å². The minimum absolute atomic E-state index is 0.0344. The molecule has 2 N–H and O–H groups in total. The standard InChI is InChI=1S/C40H65N5O3/c1-28-22-29(2)42-40(47)37(28)25-41-39(46)36-23-32(24-38(30(36)3)43(4)33-12-10-7-11-13-33)31-16-17-35(27-44-18-20-48-21-19-44)45(26-31)34-14-8-5-6-9-15-34/h23-24,28-29,31,33-35,37H,5-22,25-27H2,1-4H3,(H,41,46)(H,42,47). The van der Waals surface area contributed by atoms with E-state index in [0.29, 0.717) is 30.6 Å². The summed E-state index contributed by atoms with van der Waals surface area (Å²) >= 11 is 0. The van der Waals surface area contributed by atoms with Crippen LogP contribution in [0.1, 0.15) is 131 Å². The Hall–Kier alpha value is -2.16. The van der Waals surface area contributed by atoms with Gasteiger partial charge in [0.05, 0.1) is 19.1 Å². The van der Waals surface area contributed by atoms with Gasteiger partial charge in [-0.3, -0.25) is 19.4 Å². The first kappa shape index (κ1) is 35.7. The number of hydrogen-bond donors (Lipinski definition) is 2. The molecule has 5 unspecified atom stereocenters. The number of piperidine rings is 2. The first-order chi connectivity index (χ1) is 23.3. The number of morpholine rings is 1. The van der Waals surface area contributed by atoms with Gasteiger partial charge in [0.15, 0.2) is 0 Å². The van der Waals surface area contributed by atoms with Crippen molar-refractivity contribution in [2.75, 3.05) is 57.9 Å². The van der Waals surface area contributed by atoms with Crippen molar-refractivity contribution in [3.8, 4) is 0 Å². The summed E-state index contributed by atoms with van der Waals surface area (Å²) < 4.78 is 5.69. The molecule has 2 amide bonds. The van der Waals surface area contributed by atoms with Gasteiger partial charge in [-0.25, -0.2) is 0 Å². The van der Waals surface area contributed by atoms with Crippen LogP contribution in [-0.4, -0.2) is 98.8 Å². The second-order valence-electron chi connectivity index (χ2n) is 16.2. The molecule has 0 bridgehead atoms. The number of nitrogens with one attached hydrogen (secondary N) is 2. The van der Waals surface area contributed by atoms with Crippen molar-refractivity contribution in [1.29, 1.82) is 0 Å². The van der Waals surface area contributed by atoms with Crippen molar-refractivity contribution < 1.29 is 14.3 Å². The van der Waals surface area contributed by atoms with E-state index in [4.69, 9.17) is 4.74 Å². The summed E-state index contributed by atoms with van der Waals surface area (Å²) in [6, 6.07) is 6.64. The van der Waals surface area contributed by atoms with E-state index < -0.39 is 0 Å². The molecule has 48 heavy (non-hydrogen) atoms. The third-order valence-electron chi connectivity index (χ3n) is 12.9. The summed E-state index contributed by atoms with van der Waals surface area (Å²) in [5, 5.41) is 6.34. The molecular weight excluding hydrogens is 598 g/mol. The summed E-state index contributed by atoms with van der Waals surface area (Å²) in [5.74, 6) is 0.501. The normalized spacial score (nSPS) is 30.4. The highest BCUT2D eigenvalue weighted by Gasteiger charge is 2.37. The Morgan fingerprint density at radius 3 is 2.35 bits per heavy atom. The van der Waals surface area contributed by atoms with E-state index in [1.165, 1.54) is 88.3 Å². The fourth-order valence-electron chi connectivity index (χ4n) is 9.85. The molecule has 0 aromatic heterocycles. The molecule has 3 saturated heterocycles. The number of likely N-dealkylation sites (tertiary alicyclic amines) is 1. The number of carbonyl (C=O) groups is 2. The Kier molecular flexibility index (Phi) is 12.4. The van der Waals surface area contributed by atoms with E-state index >= 15 is 0 Å². The molecule has 1 aromatic rings. The summed E-state index contributed by atoms with van der Waals surface area (Å²) in [7, 11) is 2.26. The van der Waals surface area contributed by atoms with E-state index in [1.54, 1.807) is 0 Å². The Morgan fingerprint density at radius 2 is 1.65 bits per heavy atom. The minimum atomic E-state index is -0.187. The molecule has 1 aromatic carbocycles. The quantitative estimate of drug-likeness (QED) is 0.304. The highest BCUT2D eigenvalue weighted by molar-refractivity contribution is 5.97. The molecule has 8 heteroatoms. The van der Waals surface area contributed by atoms with Crippen molar-refractivity contribution >= 4 is 17.5 Å². The van der Waals surface area contributed by atoms with Crippen LogP contribution in [0.2, 0.25) is 0 Å². The van der Waals surface area contributed by atoms with E-state index in [1.807, 2.05) is 0 Å². The van der Waals surface area contributed by atoms with Gasteiger partial charge in [0.2, 0.25) is 5.91 Å². The van der Waals surface area contributed by atoms with E-state index in [0.717, 1.165) is 63.4 Å². The van der Waals surface area contributed by atoms with Gasteiger partial charge < -0.3 is 20.3 Å². The Balaban J connectivity index is 1.27. The maximum absolute atomic E-state index is 14.1. The predicted molar refractivity (Wildman–Crippen MR) is 195 cm³/mol. The third kappa shape index (κ3) is 8.58. The van der Waals surface area contributed by atoms with Crippen molar-refractivity contribution in [2.24, 2.45) is 11.8 Å². The fraction of sp³-hybridized carbons (Fsp3) is 0.800. The second kappa shape index (κ2) is 16.7. The van der Waals surface area contributed by atoms with Crippen LogP contribution < -0.4 is 15.5 Å². The first-order valence-electron chi connectivity index (χ1n) is 19.8. The van der Waals surface area contributed by atoms with Crippen LogP contribution >= 0.6 is 0 Å². The van der Waals surface area contributed by atoms with E-state index in [9.17, 15) is 9.59 Å². The van der Waals surface area contributed by atoms with Crippen LogP contribution in [0.5, 0.6) is 0 Å². The molecule has 5 aliphatic rings. The monoisotopic (exact) mass is 664 g/mol. The second-order valence-corrected chi connectivity index (χ2v) is 16.2. The van der Waals surface area contributed by atoms with Crippen LogP contribution in [0, 0.1) is 18.8 Å². The minimum Gasteiger partial charge on any atom is -0.379 e. The number of nitrogens with zero attached hydrogens (tertiary/aromatic N) is 3. The van der Waals surface area contributed by atoms with Gasteiger partial charge in [-0.1, -0.05) is 51.9 Å². The lowest BCUT2D eigenvalue weighted by molar-refractivity contribution is -0.129. The van der Waals surface area contributed by atoms with Crippen molar-refractivity contribution in [3.05, 3.63) is 28.8 Å². The lowest BCUT2D eigenvalue weighted by Crippen LogP contribution is -2.54. The Morgan fingerprint density at radius 1 is 0.958 bits per heavy atom. The van der Waals surface area contributed by atoms with Crippen LogP contribution in [-0.2, 0) is 9.53 Å². The van der Waals surface area contributed by atoms with Crippen molar-refractivity contribution in [2.45, 2.75) is 141 Å². The van der Waals surface area contributed by atoms with Crippen molar-refractivity contribution in [3.63, 3.8) is 0 Å². The highest BCUT2D eigenvalue weighted by Crippen LogP contribution is 2.39. The Labute approximate surface area is 291 Å². The Bertz CT molecular complexity index is 1220. The average molecular weight is 664 g/mol. The summed E-state index contributed by atoms with van der Waals surface area (Å²) in [4.78, 5) is 35.0. The number of ether oxygens (including phenoxy) is 1. The lowest BCUT2D eigenvalue weighted by atomic mass is 9.83. The summed E-state index contributed by atoms with van der Waals surface area (Å²) in [6.07, 6.45) is 17.7. The molecule has 8 nitrogen and oxygen atoms in total. The molecule has 268 valence electrons. The number of anilines is 1. The molecule has 2 saturated carbocycles. The molecule has 2 aliphatic carbocycles. The zero-order valence-corrected chi connectivity index (χ0v) is 30.6. The van der Waals surface area contributed by atoms with Crippen LogP contribution in [0.3, 0.4) is 0 Å². The number of carbonyl (C=O) groups excluding carboxylic acids is 2. The molecule has 6 rings (SSSR count). The maximum atomic E-state index is 14.1. The fourth-order valence-corrected chi connectivity index (χ4v) is 9.85. The number of rotatable bonds is 9. The van der Waals surface area contributed by atoms with E-state index in [2.05, 4.69) is 65.3 Å². The zero-order valence-electron chi connectivity index (χ0n) is 30.6. The van der Waals surface area contributed by atoms with E-state index in [-0.39, 0.29) is 29.7 Å². The maximum Gasteiger partial charge on any atom is 0.251 e. The largest absolute Gasteiger partial charge is 0.379 e. The van der Waals surface area contributed by atoms with Crippen molar-refractivity contribution in [1.82, 2.24) is 20.4 Å². The lowest BCUT2D eigenvalue weighted by Gasteiger charge is -2.46. The average Bonchev–Trinajstić information content (AvgIpc) is 3.38. The summed E-state index contributed by atoms with van der Waals surface area (Å²) in [6.45, 7) is 12.8. The zero-order chi connectivity index (χ0) is 33.6. The smallest absolute Gasteiger partial charge is 0.251 e. The first-order valence-corrected chi connectivity index (χ1v) is 19.8. The van der Waals surface area contributed by atoms with Gasteiger partial charge in [0, 0.05) is 75.2 Å². The van der Waals surface area contributed by atoms with Gasteiger partial charge in [-0.15, -0.1) is 0 Å². The third-order valence-corrected chi connectivity index (χ3v) is 12.9. The predicted octanol–water partition coefficient (Wildman–Crippen LogP) is 6.26. The molecule has 5 atom stereocenters.